The van der Waals surface area contributed by atoms with Crippen molar-refractivity contribution in [2.24, 2.45) is 5.92 Å². The van der Waals surface area contributed by atoms with E-state index in [1.165, 1.54) is 22.3 Å². The Morgan fingerprint density at radius 3 is 1.79 bits per heavy atom. The van der Waals surface area contributed by atoms with Crippen LogP contribution in [0.1, 0.15) is 47.9 Å². The quantitative estimate of drug-likeness (QED) is 0.550. The Kier molecular flexibility index (Phi) is 4.24. The maximum absolute atomic E-state index is 13.6. The molecule has 3 aliphatic carbocycles. The van der Waals surface area contributed by atoms with Crippen LogP contribution in [0.5, 0.6) is 0 Å². The van der Waals surface area contributed by atoms with E-state index in [1.807, 2.05) is 24.3 Å². The molecule has 1 aliphatic heterocycles. The highest BCUT2D eigenvalue weighted by Crippen LogP contribution is 2.67. The first-order chi connectivity index (χ1) is 13.6. The number of ether oxygens (including phenoxy) is 1. The van der Waals surface area contributed by atoms with E-state index in [0.717, 1.165) is 0 Å². The zero-order chi connectivity index (χ0) is 19.5. The van der Waals surface area contributed by atoms with Crippen molar-refractivity contribution in [3.63, 3.8) is 0 Å². The summed E-state index contributed by atoms with van der Waals surface area (Å²) in [5, 5.41) is 0. The predicted molar refractivity (Wildman–Crippen MR) is 105 cm³/mol. The Labute approximate surface area is 164 Å². The highest BCUT2D eigenvalue weighted by atomic mass is 31.2. The fourth-order valence-corrected chi connectivity index (χ4v) is 7.64. The molecule has 2 aromatic carbocycles. The maximum Gasteiger partial charge on any atom is 0.345 e. The van der Waals surface area contributed by atoms with Crippen LogP contribution in [0.3, 0.4) is 0 Å². The van der Waals surface area contributed by atoms with Crippen molar-refractivity contribution in [3.05, 3.63) is 70.8 Å². The van der Waals surface area contributed by atoms with Crippen LogP contribution < -0.4 is 0 Å². The van der Waals surface area contributed by atoms with Gasteiger partial charge in [0.25, 0.3) is 0 Å². The van der Waals surface area contributed by atoms with Gasteiger partial charge in [-0.15, -0.1) is 0 Å². The molecular formula is C22H23O5P. The maximum atomic E-state index is 13.6. The molecule has 4 aliphatic rings. The summed E-state index contributed by atoms with van der Waals surface area (Å²) in [4.78, 5) is 13.0. The highest BCUT2D eigenvalue weighted by Gasteiger charge is 2.65. The number of rotatable bonds is 5. The molecular weight excluding hydrogens is 375 g/mol. The molecule has 6 heteroatoms. The fraction of sp³-hybridized carbons (Fsp3) is 0.409. The van der Waals surface area contributed by atoms with Gasteiger partial charge in [0.1, 0.15) is 6.10 Å². The van der Waals surface area contributed by atoms with Gasteiger partial charge in [0, 0.05) is 17.8 Å². The monoisotopic (exact) mass is 398 g/mol. The van der Waals surface area contributed by atoms with Gasteiger partial charge in [-0.1, -0.05) is 48.5 Å². The molecule has 5 nitrogen and oxygen atoms in total. The van der Waals surface area contributed by atoms with Gasteiger partial charge in [-0.05, 0) is 36.1 Å². The Morgan fingerprint density at radius 2 is 1.32 bits per heavy atom. The Balaban J connectivity index is 1.71. The molecule has 3 atom stereocenters. The van der Waals surface area contributed by atoms with E-state index in [2.05, 4.69) is 24.3 Å². The van der Waals surface area contributed by atoms with Gasteiger partial charge in [0.15, 0.2) is 5.66 Å². The first-order valence-corrected chi connectivity index (χ1v) is 11.5. The molecule has 146 valence electrons. The summed E-state index contributed by atoms with van der Waals surface area (Å²) in [7, 11) is -3.64. The van der Waals surface area contributed by atoms with Crippen molar-refractivity contribution in [3.8, 4) is 0 Å². The summed E-state index contributed by atoms with van der Waals surface area (Å²) in [6, 6.07) is 16.6. The third kappa shape index (κ3) is 2.33. The minimum absolute atomic E-state index is 0.0481. The van der Waals surface area contributed by atoms with E-state index in [0.29, 0.717) is 0 Å². The summed E-state index contributed by atoms with van der Waals surface area (Å²) in [6.07, 6.45) is -0.346. The van der Waals surface area contributed by atoms with E-state index in [9.17, 15) is 9.36 Å². The van der Waals surface area contributed by atoms with Crippen molar-refractivity contribution in [2.45, 2.75) is 37.4 Å². The second-order valence-corrected chi connectivity index (χ2v) is 9.66. The van der Waals surface area contributed by atoms with Crippen molar-refractivity contribution in [1.82, 2.24) is 0 Å². The number of carbonyl (C=O) groups excluding carboxylic acids is 1. The third-order valence-electron chi connectivity index (χ3n) is 6.24. The van der Waals surface area contributed by atoms with Gasteiger partial charge in [-0.3, -0.25) is 9.36 Å². The van der Waals surface area contributed by atoms with Crippen molar-refractivity contribution < 1.29 is 23.1 Å². The second-order valence-electron chi connectivity index (χ2n) is 7.51. The number of hydrogen-bond acceptors (Lipinski definition) is 5. The van der Waals surface area contributed by atoms with Gasteiger partial charge >= 0.3 is 13.6 Å². The summed E-state index contributed by atoms with van der Waals surface area (Å²) in [6.45, 7) is 3.97. The second kappa shape index (κ2) is 6.55. The van der Waals surface area contributed by atoms with Crippen LogP contribution >= 0.6 is 7.60 Å². The minimum atomic E-state index is -3.64. The molecule has 6 rings (SSSR count). The van der Waals surface area contributed by atoms with Gasteiger partial charge in [0.05, 0.1) is 13.2 Å². The summed E-state index contributed by atoms with van der Waals surface area (Å²) in [5.74, 6) is -0.830. The van der Waals surface area contributed by atoms with Crippen LogP contribution in [0.2, 0.25) is 0 Å². The molecule has 1 fully saturated rings. The lowest BCUT2D eigenvalue weighted by molar-refractivity contribution is -0.142. The number of hydrogen-bond donors (Lipinski definition) is 0. The average molecular weight is 398 g/mol. The highest BCUT2D eigenvalue weighted by molar-refractivity contribution is 7.55. The van der Waals surface area contributed by atoms with Gasteiger partial charge in [-0.25, -0.2) is 0 Å². The van der Waals surface area contributed by atoms with Crippen molar-refractivity contribution in [2.75, 3.05) is 13.2 Å². The van der Waals surface area contributed by atoms with E-state index in [-0.39, 0.29) is 37.1 Å². The Hall–Kier alpha value is -1.94. The molecule has 2 bridgehead atoms. The lowest BCUT2D eigenvalue weighted by Gasteiger charge is -2.47. The normalized spacial score (nSPS) is 29.8. The van der Waals surface area contributed by atoms with Crippen molar-refractivity contribution in [1.29, 1.82) is 0 Å². The van der Waals surface area contributed by atoms with Crippen LogP contribution in [0, 0.1) is 5.92 Å². The molecule has 0 N–H and O–H groups in total. The topological polar surface area (TPSA) is 61.8 Å². The molecule has 0 radical (unpaired) electrons. The predicted octanol–water partition coefficient (Wildman–Crippen LogP) is 4.45. The summed E-state index contributed by atoms with van der Waals surface area (Å²) >= 11 is 0. The molecule has 0 saturated carbocycles. The lowest BCUT2D eigenvalue weighted by atomic mass is 9.57. The Morgan fingerprint density at radius 1 is 0.857 bits per heavy atom. The molecule has 3 unspecified atom stereocenters. The minimum Gasteiger partial charge on any atom is -0.460 e. The fourth-order valence-electron chi connectivity index (χ4n) is 5.44. The van der Waals surface area contributed by atoms with Crippen LogP contribution in [0.15, 0.2) is 48.5 Å². The molecule has 28 heavy (non-hydrogen) atoms. The lowest BCUT2D eigenvalue weighted by Crippen LogP contribution is -2.44. The SMILES string of the molecule is CCOP(=O)(OCC)C1C(=O)OC2C3c4ccccc4C(c4ccccc43)C21. The molecule has 0 spiro atoms. The van der Waals surface area contributed by atoms with E-state index < -0.39 is 19.2 Å². The zero-order valence-corrected chi connectivity index (χ0v) is 16.8. The van der Waals surface area contributed by atoms with Gasteiger partial charge in [-0.2, -0.15) is 0 Å². The summed E-state index contributed by atoms with van der Waals surface area (Å²) < 4.78 is 30.7. The van der Waals surface area contributed by atoms with Gasteiger partial charge in [0.2, 0.25) is 0 Å². The number of carbonyl (C=O) groups is 1. The number of benzene rings is 2. The standard InChI is InChI=1S/C22H23O5P/c1-3-25-28(24,26-4-2)21-19-17-13-9-5-7-11-15(13)18(20(19)27-22(21)23)16-12-8-6-10-14(16)17/h5-12,17-21H,3-4H2,1-2H3. The first-order valence-electron chi connectivity index (χ1n) is 9.87. The molecule has 1 heterocycles. The van der Waals surface area contributed by atoms with E-state index in [1.54, 1.807) is 13.8 Å². The largest absolute Gasteiger partial charge is 0.460 e. The van der Waals surface area contributed by atoms with Crippen molar-refractivity contribution >= 4 is 13.6 Å². The van der Waals surface area contributed by atoms with Crippen LogP contribution in [0.4, 0.5) is 0 Å². The molecule has 0 aromatic heterocycles. The van der Waals surface area contributed by atoms with E-state index >= 15 is 0 Å². The molecule has 0 amide bonds. The third-order valence-corrected chi connectivity index (χ3v) is 8.71. The molecule has 1 saturated heterocycles. The van der Waals surface area contributed by atoms with Crippen LogP contribution in [-0.4, -0.2) is 30.9 Å². The van der Waals surface area contributed by atoms with E-state index in [4.69, 9.17) is 13.8 Å². The first kappa shape index (κ1) is 18.1. The van der Waals surface area contributed by atoms with Crippen LogP contribution in [-0.2, 0) is 23.1 Å². The summed E-state index contributed by atoms with van der Waals surface area (Å²) in [5.41, 5.74) is 3.88. The van der Waals surface area contributed by atoms with Crippen LogP contribution in [0.25, 0.3) is 0 Å². The zero-order valence-electron chi connectivity index (χ0n) is 15.9. The average Bonchev–Trinajstić information content (AvgIpc) is 3.05. The number of esters is 1. The van der Waals surface area contributed by atoms with Gasteiger partial charge < -0.3 is 13.8 Å². The smallest absolute Gasteiger partial charge is 0.345 e. The molecule has 2 aromatic rings. The Bertz CT molecular complexity index is 929.